The molecule has 2 aromatic carbocycles. The maximum absolute atomic E-state index is 14.0. The van der Waals surface area contributed by atoms with Crippen LogP contribution in [-0.4, -0.2) is 9.78 Å². The van der Waals surface area contributed by atoms with Crippen LogP contribution in [0.15, 0.2) is 59.4 Å². The number of rotatable bonds is 3. The first-order chi connectivity index (χ1) is 11.0. The van der Waals surface area contributed by atoms with E-state index in [1.165, 1.54) is 10.7 Å². The van der Waals surface area contributed by atoms with Crippen molar-refractivity contribution < 1.29 is 4.39 Å². The molecule has 3 nitrogen and oxygen atoms in total. The quantitative estimate of drug-likeness (QED) is 0.726. The van der Waals surface area contributed by atoms with Crippen LogP contribution < -0.4 is 5.56 Å². The fraction of sp³-hybridized carbons (Fsp3) is 0.111. The number of hydrogen-bond donors (Lipinski definition) is 0. The van der Waals surface area contributed by atoms with E-state index in [0.29, 0.717) is 28.4 Å². The minimum Gasteiger partial charge on any atom is -0.268 e. The molecule has 1 heterocycles. The van der Waals surface area contributed by atoms with Gasteiger partial charge in [0.05, 0.1) is 12.2 Å². The highest BCUT2D eigenvalue weighted by Crippen LogP contribution is 2.20. The van der Waals surface area contributed by atoms with E-state index in [-0.39, 0.29) is 11.4 Å². The smallest absolute Gasteiger partial charge is 0.268 e. The Morgan fingerprint density at radius 1 is 1.13 bits per heavy atom. The fourth-order valence-electron chi connectivity index (χ4n) is 2.35. The molecule has 0 fully saturated rings. The zero-order chi connectivity index (χ0) is 16.4. The molecule has 0 saturated carbocycles. The summed E-state index contributed by atoms with van der Waals surface area (Å²) in [7, 11) is 0. The zero-order valence-corrected chi connectivity index (χ0v) is 13.2. The molecule has 116 valence electrons. The number of halogens is 2. The van der Waals surface area contributed by atoms with Gasteiger partial charge in [0.15, 0.2) is 0 Å². The molecular weight excluding hydrogens is 315 g/mol. The first-order valence-corrected chi connectivity index (χ1v) is 7.50. The van der Waals surface area contributed by atoms with E-state index in [1.807, 2.05) is 12.1 Å². The fourth-order valence-corrected chi connectivity index (χ4v) is 2.47. The monoisotopic (exact) mass is 328 g/mol. The third-order valence-corrected chi connectivity index (χ3v) is 3.80. The molecule has 0 spiro atoms. The molecule has 5 heteroatoms. The average molecular weight is 329 g/mol. The lowest BCUT2D eigenvalue weighted by Crippen LogP contribution is -2.25. The molecule has 0 amide bonds. The third-order valence-electron chi connectivity index (χ3n) is 3.55. The summed E-state index contributed by atoms with van der Waals surface area (Å²) in [4.78, 5) is 12.3. The van der Waals surface area contributed by atoms with Gasteiger partial charge in [-0.3, -0.25) is 4.79 Å². The van der Waals surface area contributed by atoms with Crippen molar-refractivity contribution in [1.29, 1.82) is 0 Å². The lowest BCUT2D eigenvalue weighted by atomic mass is 10.1. The Bertz CT molecular complexity index is 904. The summed E-state index contributed by atoms with van der Waals surface area (Å²) in [6.07, 6.45) is 0. The van der Waals surface area contributed by atoms with Gasteiger partial charge in [0.1, 0.15) is 5.82 Å². The van der Waals surface area contributed by atoms with Gasteiger partial charge in [-0.05, 0) is 42.8 Å². The Labute approximate surface area is 138 Å². The highest BCUT2D eigenvalue weighted by atomic mass is 35.5. The molecule has 0 radical (unpaired) electrons. The summed E-state index contributed by atoms with van der Waals surface area (Å²) < 4.78 is 15.3. The first kappa shape index (κ1) is 15.4. The number of hydrogen-bond acceptors (Lipinski definition) is 2. The summed E-state index contributed by atoms with van der Waals surface area (Å²) in [6, 6.07) is 15.2. The molecule has 3 rings (SSSR count). The molecule has 0 aliphatic heterocycles. The van der Waals surface area contributed by atoms with Gasteiger partial charge >= 0.3 is 0 Å². The standard InChI is InChI=1S/C18H14ClFN2O/c1-12-10-17(15-4-2-3-5-16(15)20)21-22(18(12)23)11-13-6-8-14(19)9-7-13/h2-10H,11H2,1H3. The lowest BCUT2D eigenvalue weighted by molar-refractivity contribution is 0.619. The van der Waals surface area contributed by atoms with Crippen molar-refractivity contribution >= 4 is 11.6 Å². The predicted molar refractivity (Wildman–Crippen MR) is 89.2 cm³/mol. The summed E-state index contributed by atoms with van der Waals surface area (Å²) in [5, 5.41) is 4.94. The van der Waals surface area contributed by atoms with E-state index in [0.717, 1.165) is 5.56 Å². The van der Waals surface area contributed by atoms with Crippen LogP contribution in [0.3, 0.4) is 0 Å². The van der Waals surface area contributed by atoms with Crippen LogP contribution >= 0.6 is 11.6 Å². The second kappa shape index (κ2) is 6.34. The molecule has 0 N–H and O–H groups in total. The largest absolute Gasteiger partial charge is 0.270 e. The topological polar surface area (TPSA) is 34.9 Å². The summed E-state index contributed by atoms with van der Waals surface area (Å²) in [5.74, 6) is -0.365. The van der Waals surface area contributed by atoms with E-state index in [9.17, 15) is 9.18 Å². The van der Waals surface area contributed by atoms with Crippen molar-refractivity contribution in [2.45, 2.75) is 13.5 Å². The zero-order valence-electron chi connectivity index (χ0n) is 12.5. The Kier molecular flexibility index (Phi) is 4.26. The van der Waals surface area contributed by atoms with Crippen LogP contribution in [-0.2, 0) is 6.54 Å². The average Bonchev–Trinajstić information content (AvgIpc) is 2.54. The van der Waals surface area contributed by atoms with Gasteiger partial charge in [0, 0.05) is 16.1 Å². The summed E-state index contributed by atoms with van der Waals surface area (Å²) in [5.41, 5.74) is 2.04. The van der Waals surface area contributed by atoms with Crippen LogP contribution in [0.5, 0.6) is 0 Å². The molecule has 0 saturated heterocycles. The Morgan fingerprint density at radius 2 is 1.83 bits per heavy atom. The van der Waals surface area contributed by atoms with E-state index < -0.39 is 0 Å². The van der Waals surface area contributed by atoms with Gasteiger partial charge in [0.2, 0.25) is 0 Å². The van der Waals surface area contributed by atoms with Gasteiger partial charge in [-0.25, -0.2) is 9.07 Å². The molecular formula is C18H14ClFN2O. The van der Waals surface area contributed by atoms with Crippen LogP contribution in [0.1, 0.15) is 11.1 Å². The van der Waals surface area contributed by atoms with Crippen molar-refractivity contribution in [1.82, 2.24) is 9.78 Å². The van der Waals surface area contributed by atoms with Crippen LogP contribution in [0.25, 0.3) is 11.3 Å². The third kappa shape index (κ3) is 3.32. The second-order valence-corrected chi connectivity index (χ2v) is 5.72. The molecule has 0 aliphatic carbocycles. The van der Waals surface area contributed by atoms with Crippen LogP contribution in [0.4, 0.5) is 4.39 Å². The molecule has 3 aromatic rings. The molecule has 1 aromatic heterocycles. The van der Waals surface area contributed by atoms with Gasteiger partial charge in [-0.15, -0.1) is 0 Å². The van der Waals surface area contributed by atoms with Crippen molar-refractivity contribution in [3.05, 3.63) is 86.9 Å². The molecule has 0 atom stereocenters. The maximum Gasteiger partial charge on any atom is 0.270 e. The van der Waals surface area contributed by atoms with E-state index >= 15 is 0 Å². The maximum atomic E-state index is 14.0. The van der Waals surface area contributed by atoms with Crippen molar-refractivity contribution in [2.75, 3.05) is 0 Å². The Morgan fingerprint density at radius 3 is 2.52 bits per heavy atom. The van der Waals surface area contributed by atoms with Gasteiger partial charge in [-0.1, -0.05) is 35.9 Å². The Balaban J connectivity index is 2.05. The van der Waals surface area contributed by atoms with Crippen LogP contribution in [0, 0.1) is 12.7 Å². The second-order valence-electron chi connectivity index (χ2n) is 5.28. The van der Waals surface area contributed by atoms with Crippen molar-refractivity contribution in [2.24, 2.45) is 0 Å². The summed E-state index contributed by atoms with van der Waals surface area (Å²) >= 11 is 5.87. The van der Waals surface area contributed by atoms with E-state index in [1.54, 1.807) is 43.3 Å². The highest BCUT2D eigenvalue weighted by molar-refractivity contribution is 6.30. The predicted octanol–water partition coefficient (Wildman–Crippen LogP) is 4.06. The number of nitrogens with zero attached hydrogens (tertiary/aromatic N) is 2. The van der Waals surface area contributed by atoms with E-state index in [4.69, 9.17) is 11.6 Å². The minimum absolute atomic E-state index is 0.194. The molecule has 0 aliphatic rings. The highest BCUT2D eigenvalue weighted by Gasteiger charge is 2.11. The van der Waals surface area contributed by atoms with Crippen molar-refractivity contribution in [3.8, 4) is 11.3 Å². The molecule has 0 unspecified atom stereocenters. The number of aromatic nitrogens is 2. The first-order valence-electron chi connectivity index (χ1n) is 7.13. The number of benzene rings is 2. The Hall–Kier alpha value is -2.46. The SMILES string of the molecule is Cc1cc(-c2ccccc2F)nn(Cc2ccc(Cl)cc2)c1=O. The van der Waals surface area contributed by atoms with Gasteiger partial charge < -0.3 is 0 Å². The van der Waals surface area contributed by atoms with Gasteiger partial charge in [0.25, 0.3) is 5.56 Å². The number of aryl methyl sites for hydroxylation is 1. The summed E-state index contributed by atoms with van der Waals surface area (Å²) in [6.45, 7) is 2.01. The normalized spacial score (nSPS) is 10.7. The molecule has 0 bridgehead atoms. The van der Waals surface area contributed by atoms with Crippen molar-refractivity contribution in [3.63, 3.8) is 0 Å². The van der Waals surface area contributed by atoms with E-state index in [2.05, 4.69) is 5.10 Å². The lowest BCUT2D eigenvalue weighted by Gasteiger charge is -2.10. The minimum atomic E-state index is -0.365. The van der Waals surface area contributed by atoms with Gasteiger partial charge in [-0.2, -0.15) is 5.10 Å². The molecule has 23 heavy (non-hydrogen) atoms. The van der Waals surface area contributed by atoms with Crippen LogP contribution in [0.2, 0.25) is 5.02 Å².